The summed E-state index contributed by atoms with van der Waals surface area (Å²) in [5.41, 5.74) is 6.06. The average molecular weight is 728 g/mol. The highest BCUT2D eigenvalue weighted by molar-refractivity contribution is 7.19. The van der Waals surface area contributed by atoms with Crippen LogP contribution in [-0.2, 0) is 0 Å². The zero-order valence-electron chi connectivity index (χ0n) is 30.8. The van der Waals surface area contributed by atoms with Crippen LogP contribution in [-0.4, -0.2) is 12.6 Å². The maximum atomic E-state index is 2.47. The lowest BCUT2D eigenvalue weighted by Gasteiger charge is -2.35. The van der Waals surface area contributed by atoms with Crippen LogP contribution < -0.4 is 20.7 Å². The van der Waals surface area contributed by atoms with Gasteiger partial charge in [-0.2, -0.15) is 0 Å². The highest BCUT2D eigenvalue weighted by atomic mass is 28.3. The summed E-state index contributed by atoms with van der Waals surface area (Å²) >= 11 is 0. The van der Waals surface area contributed by atoms with Gasteiger partial charge in [-0.3, -0.25) is 0 Å². The molecule has 0 aliphatic rings. The first kappa shape index (κ1) is 32.4. The molecule has 2 heteroatoms. The molecule has 262 valence electrons. The van der Waals surface area contributed by atoms with Gasteiger partial charge in [0.05, 0.1) is 11.0 Å². The molecule has 11 aromatic rings. The van der Waals surface area contributed by atoms with Gasteiger partial charge in [0.1, 0.15) is 0 Å². The van der Waals surface area contributed by atoms with Crippen LogP contribution in [0, 0.1) is 0 Å². The monoisotopic (exact) mass is 727 g/mol. The fraction of sp³-hybridized carbons (Fsp3) is 0. The zero-order valence-corrected chi connectivity index (χ0v) is 31.8. The Balaban J connectivity index is 1.17. The molecule has 1 nitrogen and oxygen atoms in total. The van der Waals surface area contributed by atoms with E-state index in [1.165, 1.54) is 86.0 Å². The van der Waals surface area contributed by atoms with Crippen molar-refractivity contribution in [3.05, 3.63) is 224 Å². The van der Waals surface area contributed by atoms with Crippen molar-refractivity contribution < 1.29 is 0 Å². The lowest BCUT2D eigenvalue weighted by molar-refractivity contribution is 1.18. The largest absolute Gasteiger partial charge is 0.309 e. The molecule has 1 aromatic heterocycles. The van der Waals surface area contributed by atoms with Crippen LogP contribution >= 0.6 is 0 Å². The van der Waals surface area contributed by atoms with E-state index in [1.54, 1.807) is 0 Å². The van der Waals surface area contributed by atoms with Crippen molar-refractivity contribution in [2.45, 2.75) is 0 Å². The topological polar surface area (TPSA) is 4.93 Å². The predicted octanol–water partition coefficient (Wildman–Crippen LogP) is 11.3. The van der Waals surface area contributed by atoms with E-state index in [1.807, 2.05) is 0 Å². The number of benzene rings is 10. The molecule has 0 aliphatic carbocycles. The van der Waals surface area contributed by atoms with E-state index in [9.17, 15) is 0 Å². The summed E-state index contributed by atoms with van der Waals surface area (Å²) in [5, 5.41) is 15.8. The molecule has 11 rings (SSSR count). The number of fused-ring (bicyclic) bond motifs is 10. The van der Waals surface area contributed by atoms with Gasteiger partial charge in [0.15, 0.2) is 8.07 Å². The molecule has 0 radical (unpaired) electrons. The van der Waals surface area contributed by atoms with Crippen molar-refractivity contribution in [3.63, 3.8) is 0 Å². The van der Waals surface area contributed by atoms with Gasteiger partial charge in [-0.1, -0.05) is 200 Å². The van der Waals surface area contributed by atoms with Crippen LogP contribution in [0.3, 0.4) is 0 Å². The molecule has 56 heavy (non-hydrogen) atoms. The molecule has 0 saturated carbocycles. The van der Waals surface area contributed by atoms with Crippen LogP contribution in [0.4, 0.5) is 0 Å². The van der Waals surface area contributed by atoms with Crippen LogP contribution in [0.15, 0.2) is 224 Å². The van der Waals surface area contributed by atoms with Crippen molar-refractivity contribution >= 4 is 82.9 Å². The van der Waals surface area contributed by atoms with Crippen molar-refractivity contribution in [3.8, 4) is 16.8 Å². The predicted molar refractivity (Wildman–Crippen MR) is 242 cm³/mol. The van der Waals surface area contributed by atoms with Crippen molar-refractivity contribution in [1.29, 1.82) is 0 Å². The lowest BCUT2D eigenvalue weighted by Crippen LogP contribution is -2.74. The highest BCUT2D eigenvalue weighted by Gasteiger charge is 2.41. The molecule has 0 amide bonds. The quantitative estimate of drug-likeness (QED) is 0.0913. The lowest BCUT2D eigenvalue weighted by atomic mass is 9.92. The molecular formula is C54H37NSi. The van der Waals surface area contributed by atoms with E-state index in [0.717, 1.165) is 5.69 Å². The molecule has 0 fully saturated rings. The standard InChI is InChI=1S/C54H37NSi/c1-4-17-38(18-5-1)39-19-16-24-44(37-39)56(41-20-6-2-7-21-41,42-22-8-3-9-23-42)43-33-31-40(32-34-43)55-51-30-15-14-29-50(51)54-52(55)36-35-49-47-27-11-10-25-45(47)46-26-12-13-28-48(46)53(49)54/h1-37H. The molecule has 0 spiro atoms. The van der Waals surface area contributed by atoms with E-state index < -0.39 is 8.07 Å². The number of hydrogen-bond donors (Lipinski definition) is 0. The summed E-state index contributed by atoms with van der Waals surface area (Å²) in [4.78, 5) is 0. The van der Waals surface area contributed by atoms with Crippen LogP contribution in [0.25, 0.3) is 70.9 Å². The van der Waals surface area contributed by atoms with E-state index in [2.05, 4.69) is 229 Å². The number of aromatic nitrogens is 1. The Bertz CT molecular complexity index is 3140. The van der Waals surface area contributed by atoms with Gasteiger partial charge in [-0.05, 0) is 83.1 Å². The van der Waals surface area contributed by atoms with Crippen LogP contribution in [0.5, 0.6) is 0 Å². The molecule has 0 N–H and O–H groups in total. The molecular weight excluding hydrogens is 691 g/mol. The van der Waals surface area contributed by atoms with Crippen LogP contribution in [0.1, 0.15) is 0 Å². The van der Waals surface area contributed by atoms with Gasteiger partial charge >= 0.3 is 0 Å². The average Bonchev–Trinajstić information content (AvgIpc) is 3.63. The zero-order chi connectivity index (χ0) is 37.1. The van der Waals surface area contributed by atoms with Gasteiger partial charge in [-0.25, -0.2) is 0 Å². The second-order valence-electron chi connectivity index (χ2n) is 14.8. The summed E-state index contributed by atoms with van der Waals surface area (Å²) in [6, 6.07) is 83.4. The molecule has 0 unspecified atom stereocenters. The Morgan fingerprint density at radius 1 is 0.268 bits per heavy atom. The Morgan fingerprint density at radius 2 is 0.732 bits per heavy atom. The second kappa shape index (κ2) is 13.1. The Labute approximate surface area is 327 Å². The molecule has 10 aromatic carbocycles. The Hall–Kier alpha value is -7.00. The highest BCUT2D eigenvalue weighted by Crippen LogP contribution is 2.43. The number of hydrogen-bond acceptors (Lipinski definition) is 0. The minimum Gasteiger partial charge on any atom is -0.309 e. The molecule has 0 aliphatic heterocycles. The molecule has 1 heterocycles. The number of nitrogens with zero attached hydrogens (tertiary/aromatic N) is 1. The fourth-order valence-corrected chi connectivity index (χ4v) is 14.3. The van der Waals surface area contributed by atoms with Gasteiger partial charge in [0, 0.05) is 21.8 Å². The smallest absolute Gasteiger partial charge is 0.179 e. The van der Waals surface area contributed by atoms with E-state index >= 15 is 0 Å². The third kappa shape index (κ3) is 4.86. The fourth-order valence-electron chi connectivity index (χ4n) is 9.53. The summed E-state index contributed by atoms with van der Waals surface area (Å²) in [7, 11) is -2.78. The Morgan fingerprint density at radius 3 is 1.38 bits per heavy atom. The summed E-state index contributed by atoms with van der Waals surface area (Å²) in [6.45, 7) is 0. The first-order valence-electron chi connectivity index (χ1n) is 19.4. The van der Waals surface area contributed by atoms with Gasteiger partial charge in [0.2, 0.25) is 0 Å². The molecule has 0 saturated heterocycles. The SMILES string of the molecule is c1ccc(-c2cccc([Si](c3ccccc3)(c3ccccc3)c3ccc(-n4c5ccccc5c5c6c7ccccc7c7ccccc7c6ccc54)cc3)c2)cc1. The van der Waals surface area contributed by atoms with Gasteiger partial charge < -0.3 is 4.57 Å². The maximum absolute atomic E-state index is 2.78. The minimum absolute atomic E-state index is 1.16. The summed E-state index contributed by atoms with van der Waals surface area (Å²) in [5.74, 6) is 0. The Kier molecular flexibility index (Phi) is 7.58. The number of para-hydroxylation sites is 1. The normalized spacial score (nSPS) is 11.9. The first-order chi connectivity index (χ1) is 27.8. The van der Waals surface area contributed by atoms with Crippen LogP contribution in [0.2, 0.25) is 0 Å². The second-order valence-corrected chi connectivity index (χ2v) is 18.6. The minimum atomic E-state index is -2.78. The van der Waals surface area contributed by atoms with Gasteiger partial charge in [-0.15, -0.1) is 0 Å². The van der Waals surface area contributed by atoms with E-state index in [0.29, 0.717) is 0 Å². The van der Waals surface area contributed by atoms with Gasteiger partial charge in [0.25, 0.3) is 0 Å². The van der Waals surface area contributed by atoms with E-state index in [-0.39, 0.29) is 0 Å². The first-order valence-corrected chi connectivity index (χ1v) is 21.4. The van der Waals surface area contributed by atoms with E-state index in [4.69, 9.17) is 0 Å². The third-order valence-corrected chi connectivity index (χ3v) is 16.7. The van der Waals surface area contributed by atoms with Crippen molar-refractivity contribution in [2.75, 3.05) is 0 Å². The summed E-state index contributed by atoms with van der Waals surface area (Å²) < 4.78 is 2.47. The molecule has 0 bridgehead atoms. The molecule has 0 atom stereocenters. The van der Waals surface area contributed by atoms with Crippen molar-refractivity contribution in [2.24, 2.45) is 0 Å². The number of rotatable bonds is 6. The maximum Gasteiger partial charge on any atom is 0.179 e. The third-order valence-electron chi connectivity index (χ3n) is 11.9. The van der Waals surface area contributed by atoms with Crippen molar-refractivity contribution in [1.82, 2.24) is 4.57 Å². The summed E-state index contributed by atoms with van der Waals surface area (Å²) in [6.07, 6.45) is 0.